The van der Waals surface area contributed by atoms with Crippen LogP contribution in [0.3, 0.4) is 0 Å². The summed E-state index contributed by atoms with van der Waals surface area (Å²) in [5.74, 6) is 0. The zero-order valence-corrected chi connectivity index (χ0v) is 15.5. The van der Waals surface area contributed by atoms with Crippen LogP contribution in [0.25, 0.3) is 0 Å². The van der Waals surface area contributed by atoms with Gasteiger partial charge in [-0.1, -0.05) is 41.6 Å². The number of aliphatic hydroxyl groups excluding tert-OH is 1. The smallest absolute Gasteiger partial charge is 0.145 e. The van der Waals surface area contributed by atoms with Crippen LogP contribution in [0.4, 0.5) is 0 Å². The van der Waals surface area contributed by atoms with Crippen molar-refractivity contribution in [3.05, 3.63) is 48.6 Å². The highest BCUT2D eigenvalue weighted by molar-refractivity contribution is 6.01. The first-order valence-electron chi connectivity index (χ1n) is 8.81. The molecule has 0 aromatic heterocycles. The highest BCUT2D eigenvalue weighted by Crippen LogP contribution is 2.18. The van der Waals surface area contributed by atoms with Gasteiger partial charge in [0.2, 0.25) is 0 Å². The van der Waals surface area contributed by atoms with Crippen LogP contribution in [-0.2, 0) is 9.57 Å². The van der Waals surface area contributed by atoms with Gasteiger partial charge in [-0.2, -0.15) is 0 Å². The van der Waals surface area contributed by atoms with E-state index in [1.165, 1.54) is 0 Å². The van der Waals surface area contributed by atoms with E-state index in [0.29, 0.717) is 26.2 Å². The lowest BCUT2D eigenvalue weighted by atomic mass is 10.0. The highest BCUT2D eigenvalue weighted by Gasteiger charge is 2.25. The van der Waals surface area contributed by atoms with Crippen LogP contribution in [0.5, 0.6) is 0 Å². The summed E-state index contributed by atoms with van der Waals surface area (Å²) in [6.45, 7) is 12.0. The first-order chi connectivity index (χ1) is 11.9. The largest absolute Gasteiger partial charge is 0.390 e. The van der Waals surface area contributed by atoms with Crippen molar-refractivity contribution in [2.75, 3.05) is 26.2 Å². The van der Waals surface area contributed by atoms with Crippen molar-refractivity contribution in [1.82, 2.24) is 4.90 Å². The molecule has 1 aromatic carbocycles. The van der Waals surface area contributed by atoms with Crippen molar-refractivity contribution in [3.63, 3.8) is 0 Å². The monoisotopic (exact) mass is 346 g/mol. The number of aliphatic hydroxyl groups is 1. The molecule has 0 unspecified atom stereocenters. The molecule has 0 fully saturated rings. The van der Waals surface area contributed by atoms with Crippen LogP contribution in [0.1, 0.15) is 32.8 Å². The first-order valence-corrected chi connectivity index (χ1v) is 8.81. The van der Waals surface area contributed by atoms with E-state index in [1.54, 1.807) is 0 Å². The molecular weight excluding hydrogens is 316 g/mol. The fourth-order valence-corrected chi connectivity index (χ4v) is 2.72. The Hall–Kier alpha value is -1.69. The molecule has 5 heteroatoms. The van der Waals surface area contributed by atoms with Gasteiger partial charge in [-0.15, -0.1) is 6.58 Å². The molecule has 1 N–H and O–H groups in total. The number of hydrogen-bond acceptors (Lipinski definition) is 5. The van der Waals surface area contributed by atoms with Gasteiger partial charge in [0.15, 0.2) is 0 Å². The Morgan fingerprint density at radius 2 is 2.12 bits per heavy atom. The Bertz CT molecular complexity index is 566. The molecule has 0 bridgehead atoms. The number of benzene rings is 1. The van der Waals surface area contributed by atoms with Crippen molar-refractivity contribution in [2.24, 2.45) is 5.16 Å². The summed E-state index contributed by atoms with van der Waals surface area (Å²) in [4.78, 5) is 7.71. The minimum Gasteiger partial charge on any atom is -0.390 e. The van der Waals surface area contributed by atoms with Crippen LogP contribution in [0.2, 0.25) is 0 Å². The Morgan fingerprint density at radius 3 is 2.76 bits per heavy atom. The fourth-order valence-electron chi connectivity index (χ4n) is 2.72. The van der Waals surface area contributed by atoms with E-state index in [4.69, 9.17) is 9.57 Å². The average molecular weight is 346 g/mol. The van der Waals surface area contributed by atoms with Gasteiger partial charge in [0.05, 0.1) is 24.0 Å². The molecule has 0 amide bonds. The van der Waals surface area contributed by atoms with E-state index >= 15 is 0 Å². The van der Waals surface area contributed by atoms with Gasteiger partial charge >= 0.3 is 0 Å². The van der Waals surface area contributed by atoms with Gasteiger partial charge in [0.1, 0.15) is 6.10 Å². The minimum atomic E-state index is -0.546. The second-order valence-electron chi connectivity index (χ2n) is 7.42. The van der Waals surface area contributed by atoms with E-state index in [1.807, 2.05) is 57.2 Å². The number of rotatable bonds is 9. The second kappa shape index (κ2) is 9.13. The maximum atomic E-state index is 10.2. The third-order valence-corrected chi connectivity index (χ3v) is 3.87. The van der Waals surface area contributed by atoms with Gasteiger partial charge in [0, 0.05) is 26.1 Å². The molecule has 2 rings (SSSR count). The van der Waals surface area contributed by atoms with Gasteiger partial charge in [0.25, 0.3) is 0 Å². The maximum Gasteiger partial charge on any atom is 0.145 e. The summed E-state index contributed by atoms with van der Waals surface area (Å²) in [5.41, 5.74) is 1.82. The first kappa shape index (κ1) is 19.6. The summed E-state index contributed by atoms with van der Waals surface area (Å²) in [6, 6.07) is 10.1. The zero-order valence-electron chi connectivity index (χ0n) is 15.5. The van der Waals surface area contributed by atoms with Crippen LogP contribution < -0.4 is 0 Å². The number of oxime groups is 1. The van der Waals surface area contributed by atoms with Crippen molar-refractivity contribution >= 4 is 5.71 Å². The van der Waals surface area contributed by atoms with Crippen molar-refractivity contribution in [3.8, 4) is 0 Å². The number of ether oxygens (including phenoxy) is 1. The summed E-state index contributed by atoms with van der Waals surface area (Å²) in [5, 5.41) is 14.5. The van der Waals surface area contributed by atoms with Crippen LogP contribution in [0, 0.1) is 0 Å². The molecule has 1 heterocycles. The molecule has 5 nitrogen and oxygen atoms in total. The van der Waals surface area contributed by atoms with Crippen molar-refractivity contribution in [2.45, 2.75) is 45.0 Å². The molecule has 138 valence electrons. The third-order valence-electron chi connectivity index (χ3n) is 3.87. The lowest BCUT2D eigenvalue weighted by Gasteiger charge is -2.27. The van der Waals surface area contributed by atoms with E-state index in [2.05, 4.69) is 16.6 Å². The van der Waals surface area contributed by atoms with Crippen molar-refractivity contribution < 1.29 is 14.7 Å². The van der Waals surface area contributed by atoms with Gasteiger partial charge in [-0.3, -0.25) is 4.90 Å². The van der Waals surface area contributed by atoms with E-state index < -0.39 is 6.10 Å². The van der Waals surface area contributed by atoms with Gasteiger partial charge in [-0.05, 0) is 26.3 Å². The summed E-state index contributed by atoms with van der Waals surface area (Å²) >= 11 is 0. The van der Waals surface area contributed by atoms with Crippen LogP contribution in [0.15, 0.2) is 48.1 Å². The van der Waals surface area contributed by atoms with Crippen LogP contribution in [-0.4, -0.2) is 59.8 Å². The summed E-state index contributed by atoms with van der Waals surface area (Å²) < 4.78 is 5.66. The number of hydrogen-bond donors (Lipinski definition) is 1. The standard InChI is InChI=1S/C20H30N2O3/c1-5-11-22(13-17(23)15-24-20(2,3)4)14-18-12-19(21-25-18)16-9-7-6-8-10-16/h5-10,17-18,23H,1,11-15H2,2-4H3/t17-,18+/m0/s1. The second-order valence-corrected chi connectivity index (χ2v) is 7.42. The molecule has 0 aliphatic carbocycles. The fraction of sp³-hybridized carbons (Fsp3) is 0.550. The molecule has 0 saturated carbocycles. The van der Waals surface area contributed by atoms with Gasteiger partial charge < -0.3 is 14.7 Å². The Kier molecular flexibility index (Phi) is 7.17. The Labute approximate surface area is 150 Å². The highest BCUT2D eigenvalue weighted by atomic mass is 16.6. The number of nitrogens with zero attached hydrogens (tertiary/aromatic N) is 2. The minimum absolute atomic E-state index is 0.00843. The van der Waals surface area contributed by atoms with Gasteiger partial charge in [-0.25, -0.2) is 0 Å². The SMILES string of the molecule is C=CCN(C[C@H](O)COC(C)(C)C)C[C@H]1CC(c2ccccc2)=NO1. The van der Waals surface area contributed by atoms with Crippen LogP contribution >= 0.6 is 0 Å². The summed E-state index contributed by atoms with van der Waals surface area (Å²) in [6.07, 6.45) is 2.05. The van der Waals surface area contributed by atoms with E-state index in [-0.39, 0.29) is 11.7 Å². The molecule has 0 radical (unpaired) electrons. The normalized spacial score (nSPS) is 18.8. The Balaban J connectivity index is 1.83. The topological polar surface area (TPSA) is 54.3 Å². The molecule has 2 atom stereocenters. The summed E-state index contributed by atoms with van der Waals surface area (Å²) in [7, 11) is 0. The Morgan fingerprint density at radius 1 is 1.40 bits per heavy atom. The zero-order chi connectivity index (χ0) is 18.3. The van der Waals surface area contributed by atoms with Crippen molar-refractivity contribution in [1.29, 1.82) is 0 Å². The predicted molar refractivity (Wildman–Crippen MR) is 101 cm³/mol. The lowest BCUT2D eigenvalue weighted by Crippen LogP contribution is -2.40. The molecule has 0 saturated heterocycles. The lowest BCUT2D eigenvalue weighted by molar-refractivity contribution is -0.0583. The molecule has 25 heavy (non-hydrogen) atoms. The molecule has 1 aliphatic heterocycles. The molecule has 1 aromatic rings. The molecule has 1 aliphatic rings. The third kappa shape index (κ3) is 6.98. The predicted octanol–water partition coefficient (Wildman–Crippen LogP) is 2.84. The average Bonchev–Trinajstić information content (AvgIpc) is 3.02. The molecule has 0 spiro atoms. The molecular formula is C20H30N2O3. The van der Waals surface area contributed by atoms with E-state index in [9.17, 15) is 5.11 Å². The van der Waals surface area contributed by atoms with E-state index in [0.717, 1.165) is 17.7 Å². The maximum absolute atomic E-state index is 10.2. The quantitative estimate of drug-likeness (QED) is 0.699.